The zero-order chi connectivity index (χ0) is 22.3. The van der Waals surface area contributed by atoms with Crippen molar-refractivity contribution in [2.75, 3.05) is 25.6 Å². The van der Waals surface area contributed by atoms with E-state index in [-0.39, 0.29) is 24.0 Å². The number of hydrogen-bond donors (Lipinski definition) is 1. The highest BCUT2D eigenvalue weighted by molar-refractivity contribution is 6.09. The van der Waals surface area contributed by atoms with Crippen molar-refractivity contribution in [3.05, 3.63) is 59.7 Å². The Labute approximate surface area is 189 Å². The SMILES string of the molecule is CN(C(=O)c1ccccc1NC(=O)c1ccc(OCC2CCCO2)cc1)C1CCCCC1. The molecule has 1 saturated carbocycles. The third-order valence-corrected chi connectivity index (χ3v) is 6.42. The van der Waals surface area contributed by atoms with Crippen LogP contribution in [0.1, 0.15) is 65.7 Å². The second-order valence-corrected chi connectivity index (χ2v) is 8.68. The first-order valence-corrected chi connectivity index (χ1v) is 11.6. The minimum atomic E-state index is -0.253. The van der Waals surface area contributed by atoms with Crippen LogP contribution in [0.4, 0.5) is 5.69 Å². The summed E-state index contributed by atoms with van der Waals surface area (Å²) in [6, 6.07) is 14.5. The van der Waals surface area contributed by atoms with E-state index in [9.17, 15) is 9.59 Å². The molecule has 2 aliphatic rings. The van der Waals surface area contributed by atoms with Gasteiger partial charge in [-0.15, -0.1) is 0 Å². The van der Waals surface area contributed by atoms with E-state index in [4.69, 9.17) is 9.47 Å². The lowest BCUT2D eigenvalue weighted by Gasteiger charge is -2.31. The third-order valence-electron chi connectivity index (χ3n) is 6.42. The van der Waals surface area contributed by atoms with Crippen LogP contribution in [-0.4, -0.2) is 49.1 Å². The second-order valence-electron chi connectivity index (χ2n) is 8.68. The molecule has 1 N–H and O–H groups in total. The molecule has 1 heterocycles. The van der Waals surface area contributed by atoms with Crippen molar-refractivity contribution >= 4 is 17.5 Å². The van der Waals surface area contributed by atoms with Crippen molar-refractivity contribution in [1.82, 2.24) is 4.90 Å². The van der Waals surface area contributed by atoms with Crippen LogP contribution in [0.5, 0.6) is 5.75 Å². The standard InChI is InChI=1S/C26H32N2O4/c1-28(20-8-3-2-4-9-20)26(30)23-11-5-6-12-24(23)27-25(29)19-13-15-21(16-14-19)32-18-22-10-7-17-31-22/h5-6,11-16,20,22H,2-4,7-10,17-18H2,1H3,(H,27,29). The molecule has 2 amide bonds. The Morgan fingerprint density at radius 2 is 1.75 bits per heavy atom. The highest BCUT2D eigenvalue weighted by atomic mass is 16.5. The molecule has 170 valence electrons. The topological polar surface area (TPSA) is 67.9 Å². The first kappa shape index (κ1) is 22.3. The van der Waals surface area contributed by atoms with Gasteiger partial charge in [-0.1, -0.05) is 31.4 Å². The molecule has 0 radical (unpaired) electrons. The maximum Gasteiger partial charge on any atom is 0.255 e. The Bertz CT molecular complexity index is 916. The number of carbonyl (C=O) groups is 2. The summed E-state index contributed by atoms with van der Waals surface area (Å²) >= 11 is 0. The number of para-hydroxylation sites is 1. The Hall–Kier alpha value is -2.86. The first-order chi connectivity index (χ1) is 15.6. The summed E-state index contributed by atoms with van der Waals surface area (Å²) in [5.41, 5.74) is 1.56. The van der Waals surface area contributed by atoms with E-state index >= 15 is 0 Å². The summed E-state index contributed by atoms with van der Waals surface area (Å²) in [5.74, 6) is 0.406. The normalized spacial score (nSPS) is 18.8. The molecular weight excluding hydrogens is 404 g/mol. The Morgan fingerprint density at radius 1 is 1.00 bits per heavy atom. The van der Waals surface area contributed by atoms with Gasteiger partial charge in [0, 0.05) is 25.3 Å². The van der Waals surface area contributed by atoms with Crippen molar-refractivity contribution in [2.24, 2.45) is 0 Å². The predicted octanol–water partition coefficient (Wildman–Crippen LogP) is 4.90. The highest BCUT2D eigenvalue weighted by Gasteiger charge is 2.25. The monoisotopic (exact) mass is 436 g/mol. The fourth-order valence-corrected chi connectivity index (χ4v) is 4.46. The van der Waals surface area contributed by atoms with Gasteiger partial charge in [0.05, 0.1) is 17.4 Å². The number of hydrogen-bond acceptors (Lipinski definition) is 4. The van der Waals surface area contributed by atoms with E-state index in [0.717, 1.165) is 45.1 Å². The van der Waals surface area contributed by atoms with Crippen LogP contribution in [0.25, 0.3) is 0 Å². The van der Waals surface area contributed by atoms with Crippen LogP contribution in [0.15, 0.2) is 48.5 Å². The van der Waals surface area contributed by atoms with Crippen molar-refractivity contribution in [3.63, 3.8) is 0 Å². The minimum absolute atomic E-state index is 0.0503. The number of rotatable bonds is 7. The van der Waals surface area contributed by atoms with Gasteiger partial charge in [-0.05, 0) is 62.1 Å². The maximum absolute atomic E-state index is 13.2. The van der Waals surface area contributed by atoms with Crippen LogP contribution >= 0.6 is 0 Å². The lowest BCUT2D eigenvalue weighted by molar-refractivity contribution is 0.0679. The quantitative estimate of drug-likeness (QED) is 0.670. The van der Waals surface area contributed by atoms with Crippen molar-refractivity contribution in [1.29, 1.82) is 0 Å². The Kier molecular flexibility index (Phi) is 7.43. The molecular formula is C26H32N2O4. The van der Waals surface area contributed by atoms with Gasteiger partial charge in [0.2, 0.25) is 0 Å². The van der Waals surface area contributed by atoms with Gasteiger partial charge in [-0.2, -0.15) is 0 Å². The van der Waals surface area contributed by atoms with Crippen LogP contribution in [0.2, 0.25) is 0 Å². The molecule has 6 heteroatoms. The summed E-state index contributed by atoms with van der Waals surface area (Å²) in [5, 5.41) is 2.91. The Balaban J connectivity index is 1.39. The fourth-order valence-electron chi connectivity index (χ4n) is 4.46. The zero-order valence-corrected chi connectivity index (χ0v) is 18.7. The molecule has 1 aliphatic carbocycles. The van der Waals surface area contributed by atoms with Crippen LogP contribution in [-0.2, 0) is 4.74 Å². The second kappa shape index (κ2) is 10.6. The van der Waals surface area contributed by atoms with E-state index in [0.29, 0.717) is 29.2 Å². The first-order valence-electron chi connectivity index (χ1n) is 11.6. The minimum Gasteiger partial charge on any atom is -0.491 e. The van der Waals surface area contributed by atoms with Gasteiger partial charge in [0.15, 0.2) is 0 Å². The van der Waals surface area contributed by atoms with E-state index in [1.807, 2.05) is 24.1 Å². The molecule has 0 spiro atoms. The van der Waals surface area contributed by atoms with Crippen molar-refractivity contribution < 1.29 is 19.1 Å². The highest BCUT2D eigenvalue weighted by Crippen LogP contribution is 2.25. The van der Waals surface area contributed by atoms with Gasteiger partial charge < -0.3 is 19.7 Å². The molecule has 32 heavy (non-hydrogen) atoms. The van der Waals surface area contributed by atoms with Gasteiger partial charge in [-0.3, -0.25) is 9.59 Å². The van der Waals surface area contributed by atoms with Gasteiger partial charge >= 0.3 is 0 Å². The Morgan fingerprint density at radius 3 is 2.47 bits per heavy atom. The third kappa shape index (κ3) is 5.49. The fraction of sp³-hybridized carbons (Fsp3) is 0.462. The van der Waals surface area contributed by atoms with Gasteiger partial charge in [0.25, 0.3) is 11.8 Å². The van der Waals surface area contributed by atoms with E-state index < -0.39 is 0 Å². The number of benzene rings is 2. The van der Waals surface area contributed by atoms with Crippen molar-refractivity contribution in [3.8, 4) is 5.75 Å². The molecule has 6 nitrogen and oxygen atoms in total. The van der Waals surface area contributed by atoms with Gasteiger partial charge in [0.1, 0.15) is 12.4 Å². The molecule has 1 aliphatic heterocycles. The molecule has 0 bridgehead atoms. The van der Waals surface area contributed by atoms with Crippen LogP contribution < -0.4 is 10.1 Å². The van der Waals surface area contributed by atoms with Crippen molar-refractivity contribution in [2.45, 2.75) is 57.1 Å². The molecule has 1 atom stereocenters. The molecule has 1 saturated heterocycles. The number of ether oxygens (including phenoxy) is 2. The molecule has 2 aromatic rings. The molecule has 1 unspecified atom stereocenters. The van der Waals surface area contributed by atoms with E-state index in [1.165, 1.54) is 6.42 Å². The predicted molar refractivity (Wildman–Crippen MR) is 124 cm³/mol. The number of carbonyl (C=O) groups excluding carboxylic acids is 2. The van der Waals surface area contributed by atoms with E-state index in [1.54, 1.807) is 36.4 Å². The number of amides is 2. The summed E-state index contributed by atoms with van der Waals surface area (Å²) in [4.78, 5) is 27.8. The average molecular weight is 437 g/mol. The summed E-state index contributed by atoms with van der Waals surface area (Å²) in [7, 11) is 1.87. The summed E-state index contributed by atoms with van der Waals surface area (Å²) < 4.78 is 11.3. The number of anilines is 1. The van der Waals surface area contributed by atoms with Gasteiger partial charge in [-0.25, -0.2) is 0 Å². The average Bonchev–Trinajstić information content (AvgIpc) is 3.37. The molecule has 0 aromatic heterocycles. The molecule has 4 rings (SSSR count). The lowest BCUT2D eigenvalue weighted by atomic mass is 9.94. The molecule has 2 aromatic carbocycles. The molecule has 2 fully saturated rings. The summed E-state index contributed by atoms with van der Waals surface area (Å²) in [6.45, 7) is 1.32. The van der Waals surface area contributed by atoms with Crippen LogP contribution in [0.3, 0.4) is 0 Å². The maximum atomic E-state index is 13.2. The smallest absolute Gasteiger partial charge is 0.255 e. The largest absolute Gasteiger partial charge is 0.491 e. The lowest BCUT2D eigenvalue weighted by Crippen LogP contribution is -2.38. The van der Waals surface area contributed by atoms with Crippen LogP contribution in [0, 0.1) is 0 Å². The number of nitrogens with one attached hydrogen (secondary N) is 1. The zero-order valence-electron chi connectivity index (χ0n) is 18.7. The van der Waals surface area contributed by atoms with E-state index in [2.05, 4.69) is 5.32 Å². The number of nitrogens with zero attached hydrogens (tertiary/aromatic N) is 1. The summed E-state index contributed by atoms with van der Waals surface area (Å²) in [6.07, 6.45) is 7.89.